The lowest BCUT2D eigenvalue weighted by atomic mass is 9.88. The van der Waals surface area contributed by atoms with Crippen molar-refractivity contribution >= 4 is 11.8 Å². The molecule has 4 heteroatoms. The molecule has 0 aromatic heterocycles. The molecule has 0 aliphatic heterocycles. The van der Waals surface area contributed by atoms with E-state index in [2.05, 4.69) is 29.6 Å². The van der Waals surface area contributed by atoms with Gasteiger partial charge >= 0.3 is 0 Å². The first-order valence-electron chi connectivity index (χ1n) is 11.7. The largest absolute Gasteiger partial charge is 0.354 e. The SMILES string of the molecule is CCCNC(=O)[C@H](C)N(Cc1ccccc1C)C(=O)CC(c1ccccc1)c1ccccc1. The van der Waals surface area contributed by atoms with E-state index in [4.69, 9.17) is 0 Å². The summed E-state index contributed by atoms with van der Waals surface area (Å²) in [4.78, 5) is 28.4. The number of rotatable bonds is 10. The van der Waals surface area contributed by atoms with Crippen LogP contribution in [0.1, 0.15) is 54.9 Å². The van der Waals surface area contributed by atoms with Crippen molar-refractivity contribution in [3.63, 3.8) is 0 Å². The fraction of sp³-hybridized carbons (Fsp3) is 0.310. The summed E-state index contributed by atoms with van der Waals surface area (Å²) >= 11 is 0. The minimum atomic E-state index is -0.559. The fourth-order valence-electron chi connectivity index (χ4n) is 4.04. The molecule has 2 amide bonds. The third-order valence-corrected chi connectivity index (χ3v) is 6.10. The Morgan fingerprint density at radius 3 is 1.94 bits per heavy atom. The van der Waals surface area contributed by atoms with Crippen LogP contribution in [0.15, 0.2) is 84.9 Å². The molecule has 0 aliphatic carbocycles. The van der Waals surface area contributed by atoms with Crippen LogP contribution in [0.4, 0.5) is 0 Å². The summed E-state index contributed by atoms with van der Waals surface area (Å²) in [6.07, 6.45) is 1.15. The second kappa shape index (κ2) is 12.0. The van der Waals surface area contributed by atoms with Crippen LogP contribution in [-0.2, 0) is 16.1 Å². The van der Waals surface area contributed by atoms with Gasteiger partial charge in [-0.3, -0.25) is 9.59 Å². The van der Waals surface area contributed by atoms with Gasteiger partial charge in [0, 0.05) is 25.4 Å². The molecule has 1 atom stereocenters. The highest BCUT2D eigenvalue weighted by Crippen LogP contribution is 2.29. The van der Waals surface area contributed by atoms with E-state index in [-0.39, 0.29) is 17.7 Å². The van der Waals surface area contributed by atoms with Crippen LogP contribution in [0.25, 0.3) is 0 Å². The van der Waals surface area contributed by atoms with Crippen molar-refractivity contribution in [1.29, 1.82) is 0 Å². The van der Waals surface area contributed by atoms with Gasteiger partial charge in [0.15, 0.2) is 0 Å². The first-order chi connectivity index (χ1) is 16.0. The van der Waals surface area contributed by atoms with Crippen LogP contribution in [0.2, 0.25) is 0 Å². The molecule has 4 nitrogen and oxygen atoms in total. The van der Waals surface area contributed by atoms with Gasteiger partial charge in [-0.15, -0.1) is 0 Å². The van der Waals surface area contributed by atoms with E-state index in [0.717, 1.165) is 28.7 Å². The average Bonchev–Trinajstić information content (AvgIpc) is 2.85. The maximum absolute atomic E-state index is 13.8. The molecule has 0 unspecified atom stereocenters. The van der Waals surface area contributed by atoms with Gasteiger partial charge in [-0.1, -0.05) is 91.9 Å². The van der Waals surface area contributed by atoms with Crippen LogP contribution in [0.5, 0.6) is 0 Å². The van der Waals surface area contributed by atoms with E-state index in [0.29, 0.717) is 19.5 Å². The molecule has 3 aromatic carbocycles. The van der Waals surface area contributed by atoms with Gasteiger partial charge in [-0.2, -0.15) is 0 Å². The van der Waals surface area contributed by atoms with E-state index >= 15 is 0 Å². The number of hydrogen-bond donors (Lipinski definition) is 1. The number of nitrogens with zero attached hydrogens (tertiary/aromatic N) is 1. The second-order valence-electron chi connectivity index (χ2n) is 8.49. The van der Waals surface area contributed by atoms with E-state index in [1.54, 1.807) is 4.90 Å². The average molecular weight is 443 g/mol. The number of amides is 2. The van der Waals surface area contributed by atoms with Crippen molar-refractivity contribution in [3.8, 4) is 0 Å². The van der Waals surface area contributed by atoms with E-state index in [1.165, 1.54) is 0 Å². The van der Waals surface area contributed by atoms with E-state index < -0.39 is 6.04 Å². The summed E-state index contributed by atoms with van der Waals surface area (Å²) < 4.78 is 0. The number of benzene rings is 3. The molecule has 0 fully saturated rings. The van der Waals surface area contributed by atoms with Gasteiger partial charge in [0.05, 0.1) is 0 Å². The standard InChI is InChI=1S/C29H34N2O2/c1-4-19-30-29(33)23(3)31(21-26-18-12-11-13-22(26)2)28(32)20-27(24-14-7-5-8-15-24)25-16-9-6-10-17-25/h5-18,23,27H,4,19-21H2,1-3H3,(H,30,33)/t23-/m0/s1. The molecule has 0 aliphatic rings. The Balaban J connectivity index is 1.91. The molecule has 0 bridgehead atoms. The van der Waals surface area contributed by atoms with E-state index in [9.17, 15) is 9.59 Å². The molecular formula is C29H34N2O2. The number of hydrogen-bond acceptors (Lipinski definition) is 2. The Hall–Kier alpha value is -3.40. The summed E-state index contributed by atoms with van der Waals surface area (Å²) in [6, 6.07) is 27.7. The van der Waals surface area contributed by atoms with Crippen LogP contribution in [0, 0.1) is 6.92 Å². The van der Waals surface area contributed by atoms with Gasteiger partial charge in [-0.05, 0) is 42.5 Å². The van der Waals surface area contributed by atoms with Crippen molar-refractivity contribution in [2.24, 2.45) is 0 Å². The van der Waals surface area contributed by atoms with Gasteiger partial charge in [0.1, 0.15) is 6.04 Å². The quantitative estimate of drug-likeness (QED) is 0.453. The zero-order valence-electron chi connectivity index (χ0n) is 19.8. The van der Waals surface area contributed by atoms with Crippen molar-refractivity contribution in [1.82, 2.24) is 10.2 Å². The number of carbonyl (C=O) groups is 2. The highest BCUT2D eigenvalue weighted by Gasteiger charge is 2.29. The number of aryl methyl sites for hydroxylation is 1. The molecule has 3 rings (SSSR count). The van der Waals surface area contributed by atoms with Crippen LogP contribution in [0.3, 0.4) is 0 Å². The van der Waals surface area contributed by atoms with Crippen molar-refractivity contribution in [2.75, 3.05) is 6.54 Å². The number of nitrogens with one attached hydrogen (secondary N) is 1. The zero-order valence-corrected chi connectivity index (χ0v) is 19.8. The summed E-state index contributed by atoms with van der Waals surface area (Å²) in [7, 11) is 0. The topological polar surface area (TPSA) is 49.4 Å². The predicted molar refractivity (Wildman–Crippen MR) is 134 cm³/mol. The maximum atomic E-state index is 13.8. The first kappa shape index (κ1) is 24.2. The van der Waals surface area contributed by atoms with Crippen LogP contribution >= 0.6 is 0 Å². The minimum absolute atomic E-state index is 0.0323. The summed E-state index contributed by atoms with van der Waals surface area (Å²) in [5.41, 5.74) is 4.35. The zero-order chi connectivity index (χ0) is 23.6. The Morgan fingerprint density at radius 2 is 1.39 bits per heavy atom. The van der Waals surface area contributed by atoms with Gasteiger partial charge in [0.25, 0.3) is 0 Å². The highest BCUT2D eigenvalue weighted by atomic mass is 16.2. The molecule has 0 spiro atoms. The lowest BCUT2D eigenvalue weighted by Gasteiger charge is -2.31. The van der Waals surface area contributed by atoms with Crippen LogP contribution in [-0.4, -0.2) is 29.3 Å². The Bertz CT molecular complexity index is 994. The normalized spacial score (nSPS) is 11.8. The Kier molecular flexibility index (Phi) is 8.82. The Morgan fingerprint density at radius 1 is 0.848 bits per heavy atom. The molecule has 0 heterocycles. The summed E-state index contributed by atoms with van der Waals surface area (Å²) in [5.74, 6) is -0.227. The fourth-order valence-corrected chi connectivity index (χ4v) is 4.04. The third kappa shape index (κ3) is 6.55. The second-order valence-corrected chi connectivity index (χ2v) is 8.49. The lowest BCUT2D eigenvalue weighted by Crippen LogP contribution is -2.48. The molecule has 1 N–H and O–H groups in total. The van der Waals surface area contributed by atoms with Crippen LogP contribution < -0.4 is 5.32 Å². The first-order valence-corrected chi connectivity index (χ1v) is 11.7. The Labute approximate surface area is 197 Å². The maximum Gasteiger partial charge on any atom is 0.242 e. The van der Waals surface area contributed by atoms with Crippen molar-refractivity contribution in [3.05, 3.63) is 107 Å². The molecule has 3 aromatic rings. The molecular weight excluding hydrogens is 408 g/mol. The van der Waals surface area contributed by atoms with Gasteiger partial charge in [-0.25, -0.2) is 0 Å². The summed E-state index contributed by atoms with van der Waals surface area (Å²) in [6.45, 7) is 6.89. The third-order valence-electron chi connectivity index (χ3n) is 6.10. The van der Waals surface area contributed by atoms with Gasteiger partial charge < -0.3 is 10.2 Å². The predicted octanol–water partition coefficient (Wildman–Crippen LogP) is 5.46. The summed E-state index contributed by atoms with van der Waals surface area (Å²) in [5, 5.41) is 2.95. The van der Waals surface area contributed by atoms with E-state index in [1.807, 2.05) is 81.4 Å². The highest BCUT2D eigenvalue weighted by molar-refractivity contribution is 5.87. The smallest absolute Gasteiger partial charge is 0.242 e. The molecule has 0 saturated carbocycles. The van der Waals surface area contributed by atoms with Crippen molar-refractivity contribution in [2.45, 2.75) is 52.1 Å². The monoisotopic (exact) mass is 442 g/mol. The van der Waals surface area contributed by atoms with Crippen molar-refractivity contribution < 1.29 is 9.59 Å². The molecule has 172 valence electrons. The molecule has 0 radical (unpaired) electrons. The van der Waals surface area contributed by atoms with Gasteiger partial charge in [0.2, 0.25) is 11.8 Å². The number of carbonyl (C=O) groups excluding carboxylic acids is 2. The molecule has 33 heavy (non-hydrogen) atoms. The minimum Gasteiger partial charge on any atom is -0.354 e. The lowest BCUT2D eigenvalue weighted by molar-refractivity contribution is -0.140. The molecule has 0 saturated heterocycles.